The van der Waals surface area contributed by atoms with Crippen LogP contribution in [0.4, 0.5) is 0 Å². The second kappa shape index (κ2) is 5.67. The lowest BCUT2D eigenvalue weighted by Crippen LogP contribution is -2.35. The van der Waals surface area contributed by atoms with E-state index < -0.39 is 5.97 Å². The molecule has 0 saturated heterocycles. The number of carbonyl (C=O) groups is 1. The number of carboxylic acids is 1. The minimum absolute atomic E-state index is 0.112. The normalized spacial score (nSPS) is 17.0. The molecular formula is C20H19NO2. The molecule has 116 valence electrons. The molecule has 4 rings (SSSR count). The summed E-state index contributed by atoms with van der Waals surface area (Å²) in [5.74, 6) is -0.753. The molecule has 0 radical (unpaired) electrons. The first-order valence-electron chi connectivity index (χ1n) is 8.05. The number of nitrogens with zero attached hydrogens (tertiary/aromatic N) is 1. The van der Waals surface area contributed by atoms with Crippen molar-refractivity contribution in [3.05, 3.63) is 70.8 Å². The molecule has 1 N–H and O–H groups in total. The van der Waals surface area contributed by atoms with Crippen molar-refractivity contribution in [1.29, 1.82) is 0 Å². The van der Waals surface area contributed by atoms with Gasteiger partial charge in [-0.15, -0.1) is 0 Å². The molecule has 2 aromatic rings. The van der Waals surface area contributed by atoms with Gasteiger partial charge in [0.1, 0.15) is 0 Å². The van der Waals surface area contributed by atoms with Crippen molar-refractivity contribution < 1.29 is 9.90 Å². The van der Waals surface area contributed by atoms with Crippen LogP contribution in [0.5, 0.6) is 0 Å². The van der Waals surface area contributed by atoms with Gasteiger partial charge in [0.25, 0.3) is 0 Å². The van der Waals surface area contributed by atoms with Gasteiger partial charge >= 0.3 is 5.97 Å². The van der Waals surface area contributed by atoms with E-state index in [1.807, 2.05) is 4.90 Å². The van der Waals surface area contributed by atoms with E-state index in [1.54, 1.807) is 0 Å². The first-order chi connectivity index (χ1) is 11.2. The molecule has 3 heteroatoms. The maximum absolute atomic E-state index is 11.1. The van der Waals surface area contributed by atoms with E-state index in [2.05, 4.69) is 48.5 Å². The van der Waals surface area contributed by atoms with Gasteiger partial charge < -0.3 is 5.11 Å². The lowest BCUT2D eigenvalue weighted by Gasteiger charge is -2.30. The Balaban J connectivity index is 1.86. The molecule has 0 aromatic heterocycles. The molecule has 0 atom stereocenters. The summed E-state index contributed by atoms with van der Waals surface area (Å²) in [6, 6.07) is 17.2. The third-order valence-electron chi connectivity index (χ3n) is 4.85. The molecular weight excluding hydrogens is 286 g/mol. The summed E-state index contributed by atoms with van der Waals surface area (Å²) in [5, 5.41) is 9.11. The van der Waals surface area contributed by atoms with Gasteiger partial charge in [0.15, 0.2) is 0 Å². The molecule has 2 aromatic carbocycles. The van der Waals surface area contributed by atoms with Crippen LogP contribution in [0.3, 0.4) is 0 Å². The van der Waals surface area contributed by atoms with E-state index in [4.69, 9.17) is 5.11 Å². The van der Waals surface area contributed by atoms with Gasteiger partial charge in [-0.05, 0) is 46.2 Å². The predicted octanol–water partition coefficient (Wildman–Crippen LogP) is 3.29. The maximum Gasteiger partial charge on any atom is 0.317 e. The van der Waals surface area contributed by atoms with Crippen LogP contribution in [0.25, 0.3) is 11.1 Å². The Bertz CT molecular complexity index is 807. The molecule has 0 amide bonds. The molecule has 3 nitrogen and oxygen atoms in total. The topological polar surface area (TPSA) is 40.5 Å². The van der Waals surface area contributed by atoms with Crippen molar-refractivity contribution in [1.82, 2.24) is 4.90 Å². The number of hydrogen-bond acceptors (Lipinski definition) is 2. The molecule has 1 aliphatic carbocycles. The number of hydrogen-bond donors (Lipinski definition) is 1. The lowest BCUT2D eigenvalue weighted by atomic mass is 9.89. The maximum atomic E-state index is 11.1. The van der Waals surface area contributed by atoms with E-state index in [0.717, 1.165) is 19.4 Å². The summed E-state index contributed by atoms with van der Waals surface area (Å²) in [6.45, 7) is 1.63. The number of aliphatic carboxylic acids is 1. The minimum Gasteiger partial charge on any atom is -0.480 e. The highest BCUT2D eigenvalue weighted by Crippen LogP contribution is 2.39. The van der Waals surface area contributed by atoms with Crippen LogP contribution < -0.4 is 0 Å². The van der Waals surface area contributed by atoms with Gasteiger partial charge in [-0.25, -0.2) is 0 Å². The second-order valence-electron chi connectivity index (χ2n) is 6.30. The smallest absolute Gasteiger partial charge is 0.317 e. The average molecular weight is 305 g/mol. The first kappa shape index (κ1) is 14.2. The third-order valence-corrected chi connectivity index (χ3v) is 4.85. The van der Waals surface area contributed by atoms with E-state index in [9.17, 15) is 4.79 Å². The monoisotopic (exact) mass is 305 g/mol. The van der Waals surface area contributed by atoms with Crippen LogP contribution in [0.15, 0.2) is 48.5 Å². The predicted molar refractivity (Wildman–Crippen MR) is 91.2 cm³/mol. The summed E-state index contributed by atoms with van der Waals surface area (Å²) in [6.07, 6.45) is 1.85. The van der Waals surface area contributed by atoms with Crippen molar-refractivity contribution in [2.45, 2.75) is 12.8 Å². The van der Waals surface area contributed by atoms with Gasteiger partial charge in [0.2, 0.25) is 0 Å². The number of fused-ring (bicyclic) bond motifs is 4. The molecule has 0 fully saturated rings. The number of benzene rings is 2. The zero-order valence-corrected chi connectivity index (χ0v) is 13.0. The molecule has 2 aliphatic rings. The van der Waals surface area contributed by atoms with Crippen LogP contribution in [0.2, 0.25) is 0 Å². The summed E-state index contributed by atoms with van der Waals surface area (Å²) in [7, 11) is 0. The number of carboxylic acid groups (broad SMARTS) is 1. The molecule has 1 aliphatic heterocycles. The first-order valence-corrected chi connectivity index (χ1v) is 8.05. The van der Waals surface area contributed by atoms with Crippen LogP contribution in [-0.2, 0) is 11.2 Å². The molecule has 0 saturated carbocycles. The van der Waals surface area contributed by atoms with Crippen molar-refractivity contribution in [2.24, 2.45) is 0 Å². The van der Waals surface area contributed by atoms with Crippen LogP contribution >= 0.6 is 0 Å². The Kier molecular flexibility index (Phi) is 3.50. The Labute approximate surface area is 135 Å². The fourth-order valence-electron chi connectivity index (χ4n) is 3.83. The summed E-state index contributed by atoms with van der Waals surface area (Å²) >= 11 is 0. The lowest BCUT2D eigenvalue weighted by molar-refractivity contribution is -0.138. The fraction of sp³-hybridized carbons (Fsp3) is 0.250. The van der Waals surface area contributed by atoms with Crippen molar-refractivity contribution >= 4 is 17.1 Å². The highest BCUT2D eigenvalue weighted by Gasteiger charge is 2.27. The van der Waals surface area contributed by atoms with Crippen molar-refractivity contribution in [3.8, 4) is 0 Å². The van der Waals surface area contributed by atoms with Crippen molar-refractivity contribution in [3.63, 3.8) is 0 Å². The standard InChI is InChI=1S/C20H19NO2/c22-20(23)13-21-10-9-18-16-7-3-1-5-14(16)11-15-6-2-4-8-17(15)19(18)12-21/h1-8H,9-13H2,(H,22,23). The highest BCUT2D eigenvalue weighted by molar-refractivity contribution is 5.95. The minimum atomic E-state index is -0.753. The average Bonchev–Trinajstić information content (AvgIpc) is 2.69. The Morgan fingerprint density at radius 2 is 1.57 bits per heavy atom. The van der Waals surface area contributed by atoms with Crippen LogP contribution in [0, 0.1) is 0 Å². The fourth-order valence-corrected chi connectivity index (χ4v) is 3.83. The zero-order valence-electron chi connectivity index (χ0n) is 13.0. The van der Waals surface area contributed by atoms with Gasteiger partial charge in [-0.2, -0.15) is 0 Å². The van der Waals surface area contributed by atoms with E-state index in [0.29, 0.717) is 6.54 Å². The van der Waals surface area contributed by atoms with Gasteiger partial charge in [-0.3, -0.25) is 9.69 Å². The van der Waals surface area contributed by atoms with Crippen LogP contribution in [0.1, 0.15) is 28.7 Å². The summed E-state index contributed by atoms with van der Waals surface area (Å²) in [5.41, 5.74) is 8.03. The number of rotatable bonds is 2. The Morgan fingerprint density at radius 3 is 2.22 bits per heavy atom. The van der Waals surface area contributed by atoms with Crippen LogP contribution in [-0.4, -0.2) is 35.6 Å². The van der Waals surface area contributed by atoms with E-state index in [-0.39, 0.29) is 6.54 Å². The van der Waals surface area contributed by atoms with Gasteiger partial charge in [0.05, 0.1) is 6.54 Å². The Hall–Kier alpha value is -2.39. The Morgan fingerprint density at radius 1 is 0.957 bits per heavy atom. The zero-order chi connectivity index (χ0) is 15.8. The summed E-state index contributed by atoms with van der Waals surface area (Å²) < 4.78 is 0. The molecule has 1 heterocycles. The molecule has 0 unspecified atom stereocenters. The summed E-state index contributed by atoms with van der Waals surface area (Å²) in [4.78, 5) is 13.1. The third kappa shape index (κ3) is 2.57. The quantitative estimate of drug-likeness (QED) is 0.925. The molecule has 23 heavy (non-hydrogen) atoms. The molecule has 0 spiro atoms. The van der Waals surface area contributed by atoms with Gasteiger partial charge in [-0.1, -0.05) is 48.5 Å². The largest absolute Gasteiger partial charge is 0.480 e. The van der Waals surface area contributed by atoms with Crippen molar-refractivity contribution in [2.75, 3.05) is 19.6 Å². The second-order valence-corrected chi connectivity index (χ2v) is 6.30. The van der Waals surface area contributed by atoms with E-state index in [1.165, 1.54) is 33.4 Å². The SMILES string of the molecule is O=C(O)CN1CCC2=C(C1)c1ccccc1Cc1ccccc12. The van der Waals surface area contributed by atoms with E-state index >= 15 is 0 Å². The highest BCUT2D eigenvalue weighted by atomic mass is 16.4. The molecule has 0 bridgehead atoms. The van der Waals surface area contributed by atoms with Gasteiger partial charge in [0, 0.05) is 13.1 Å².